The Labute approximate surface area is 187 Å². The second kappa shape index (κ2) is 14.6. The van der Waals surface area contributed by atoms with Crippen LogP contribution in [0.4, 0.5) is 0 Å². The third kappa shape index (κ3) is 10.3. The van der Waals surface area contributed by atoms with Crippen molar-refractivity contribution in [2.75, 3.05) is 33.8 Å². The van der Waals surface area contributed by atoms with Crippen LogP contribution in [-0.2, 0) is 6.54 Å². The molecule has 0 heterocycles. The zero-order chi connectivity index (χ0) is 20.2. The van der Waals surface area contributed by atoms with Gasteiger partial charge in [-0.3, -0.25) is 4.79 Å². The van der Waals surface area contributed by atoms with E-state index in [0.29, 0.717) is 23.9 Å². The summed E-state index contributed by atoms with van der Waals surface area (Å²) in [6.45, 7) is 8.78. The number of hydrogen-bond acceptors (Lipinski definition) is 3. The van der Waals surface area contributed by atoms with E-state index in [4.69, 9.17) is 0 Å². The number of benzene rings is 1. The van der Waals surface area contributed by atoms with Crippen LogP contribution in [0.5, 0.6) is 0 Å². The standard InChI is InChI=1S/C21H36N4O2.HI/c1-6-22-21(24-15-18(11-12-26)13-16(2)3)23-14-17-7-9-19(10-8-17)20(27)25(4)5;/h7-10,16,18,26H,6,11-15H2,1-5H3,(H2,22,23,24);1H. The number of carbonyl (C=O) groups excluding carboxylic acids is 1. The molecule has 1 atom stereocenters. The number of carbonyl (C=O) groups is 1. The monoisotopic (exact) mass is 504 g/mol. The summed E-state index contributed by atoms with van der Waals surface area (Å²) in [5.41, 5.74) is 1.73. The molecule has 1 aromatic carbocycles. The minimum atomic E-state index is 0. The summed E-state index contributed by atoms with van der Waals surface area (Å²) in [6, 6.07) is 7.56. The number of aliphatic imine (C=N–C) groups is 1. The molecule has 0 aliphatic heterocycles. The zero-order valence-corrected chi connectivity index (χ0v) is 20.2. The van der Waals surface area contributed by atoms with Crippen molar-refractivity contribution >= 4 is 35.8 Å². The molecule has 28 heavy (non-hydrogen) atoms. The fraction of sp³-hybridized carbons (Fsp3) is 0.619. The molecule has 6 nitrogen and oxygen atoms in total. The molecule has 3 N–H and O–H groups in total. The fourth-order valence-electron chi connectivity index (χ4n) is 2.92. The van der Waals surface area contributed by atoms with Gasteiger partial charge < -0.3 is 20.6 Å². The van der Waals surface area contributed by atoms with Crippen molar-refractivity contribution in [1.29, 1.82) is 0 Å². The molecule has 1 unspecified atom stereocenters. The summed E-state index contributed by atoms with van der Waals surface area (Å²) in [7, 11) is 3.50. The predicted molar refractivity (Wildman–Crippen MR) is 127 cm³/mol. The van der Waals surface area contributed by atoms with E-state index in [1.54, 1.807) is 19.0 Å². The Morgan fingerprint density at radius 3 is 2.32 bits per heavy atom. The van der Waals surface area contributed by atoms with E-state index in [-0.39, 0.29) is 36.5 Å². The third-order valence-electron chi connectivity index (χ3n) is 4.27. The van der Waals surface area contributed by atoms with Gasteiger partial charge in [-0.2, -0.15) is 0 Å². The predicted octanol–water partition coefficient (Wildman–Crippen LogP) is 3.11. The summed E-state index contributed by atoms with van der Waals surface area (Å²) in [5, 5.41) is 15.9. The number of aliphatic hydroxyl groups excluding tert-OH is 1. The number of hydrogen-bond donors (Lipinski definition) is 3. The third-order valence-corrected chi connectivity index (χ3v) is 4.27. The van der Waals surface area contributed by atoms with Gasteiger partial charge in [-0.05, 0) is 49.3 Å². The number of nitrogens with one attached hydrogen (secondary N) is 2. The van der Waals surface area contributed by atoms with Gasteiger partial charge in [0.1, 0.15) is 0 Å². The molecular weight excluding hydrogens is 467 g/mol. The molecule has 0 aliphatic carbocycles. The number of amides is 1. The van der Waals surface area contributed by atoms with Crippen molar-refractivity contribution < 1.29 is 9.90 Å². The average Bonchev–Trinajstić information content (AvgIpc) is 2.63. The minimum absolute atomic E-state index is 0. The first-order valence-corrected chi connectivity index (χ1v) is 9.81. The first kappa shape index (κ1) is 26.6. The molecule has 1 aromatic rings. The van der Waals surface area contributed by atoms with Gasteiger partial charge in [0.15, 0.2) is 5.96 Å². The van der Waals surface area contributed by atoms with Gasteiger partial charge in [0.25, 0.3) is 5.91 Å². The van der Waals surface area contributed by atoms with Crippen molar-refractivity contribution in [3.05, 3.63) is 35.4 Å². The van der Waals surface area contributed by atoms with E-state index in [1.165, 1.54) is 0 Å². The van der Waals surface area contributed by atoms with Crippen molar-refractivity contribution in [3.8, 4) is 0 Å². The Bertz CT molecular complexity index is 589. The summed E-state index contributed by atoms with van der Waals surface area (Å²) < 4.78 is 0. The van der Waals surface area contributed by atoms with Crippen molar-refractivity contribution in [1.82, 2.24) is 15.5 Å². The quantitative estimate of drug-likeness (QED) is 0.260. The zero-order valence-electron chi connectivity index (χ0n) is 17.9. The lowest BCUT2D eigenvalue weighted by molar-refractivity contribution is 0.0827. The molecule has 0 saturated carbocycles. The molecular formula is C21H37IN4O2. The van der Waals surface area contributed by atoms with Gasteiger partial charge in [0.05, 0.1) is 6.54 Å². The number of aliphatic hydroxyl groups is 1. The first-order valence-electron chi connectivity index (χ1n) is 9.81. The summed E-state index contributed by atoms with van der Waals surface area (Å²) in [6.07, 6.45) is 1.88. The summed E-state index contributed by atoms with van der Waals surface area (Å²) in [5.74, 6) is 1.80. The van der Waals surface area contributed by atoms with Crippen LogP contribution in [0.2, 0.25) is 0 Å². The Hall–Kier alpha value is -1.35. The highest BCUT2D eigenvalue weighted by atomic mass is 127. The van der Waals surface area contributed by atoms with Gasteiger partial charge in [0, 0.05) is 39.4 Å². The Morgan fingerprint density at radius 1 is 1.18 bits per heavy atom. The number of guanidine groups is 1. The summed E-state index contributed by atoms with van der Waals surface area (Å²) >= 11 is 0. The van der Waals surface area contributed by atoms with E-state index in [1.807, 2.05) is 31.2 Å². The van der Waals surface area contributed by atoms with Crippen molar-refractivity contribution in [2.45, 2.75) is 40.2 Å². The molecule has 0 aliphatic rings. The topological polar surface area (TPSA) is 77.0 Å². The van der Waals surface area contributed by atoms with E-state index in [9.17, 15) is 9.90 Å². The van der Waals surface area contributed by atoms with Crippen LogP contribution < -0.4 is 10.6 Å². The van der Waals surface area contributed by atoms with Crippen LogP contribution >= 0.6 is 24.0 Å². The van der Waals surface area contributed by atoms with E-state index in [0.717, 1.165) is 37.5 Å². The Morgan fingerprint density at radius 2 is 1.82 bits per heavy atom. The van der Waals surface area contributed by atoms with E-state index >= 15 is 0 Å². The van der Waals surface area contributed by atoms with Crippen molar-refractivity contribution in [3.63, 3.8) is 0 Å². The molecule has 0 aromatic heterocycles. The molecule has 0 saturated heterocycles. The number of halogens is 1. The maximum atomic E-state index is 11.9. The molecule has 0 bridgehead atoms. The lowest BCUT2D eigenvalue weighted by atomic mass is 9.94. The van der Waals surface area contributed by atoms with Crippen LogP contribution in [0.25, 0.3) is 0 Å². The van der Waals surface area contributed by atoms with Crippen LogP contribution in [0, 0.1) is 11.8 Å². The second-order valence-electron chi connectivity index (χ2n) is 7.48. The maximum absolute atomic E-state index is 11.9. The minimum Gasteiger partial charge on any atom is -0.396 e. The van der Waals surface area contributed by atoms with Gasteiger partial charge in [-0.1, -0.05) is 26.0 Å². The largest absolute Gasteiger partial charge is 0.396 e. The highest BCUT2D eigenvalue weighted by Gasteiger charge is 2.11. The van der Waals surface area contributed by atoms with Gasteiger partial charge in [-0.25, -0.2) is 4.99 Å². The van der Waals surface area contributed by atoms with Crippen LogP contribution in [-0.4, -0.2) is 55.7 Å². The molecule has 0 radical (unpaired) electrons. The van der Waals surface area contributed by atoms with Crippen LogP contribution in [0.1, 0.15) is 49.5 Å². The Balaban J connectivity index is 0.00000729. The molecule has 1 rings (SSSR count). The normalized spacial score (nSPS) is 12.3. The van der Waals surface area contributed by atoms with Gasteiger partial charge in [0.2, 0.25) is 0 Å². The molecule has 0 spiro atoms. The van der Waals surface area contributed by atoms with Crippen LogP contribution in [0.3, 0.4) is 0 Å². The highest BCUT2D eigenvalue weighted by Crippen LogP contribution is 2.14. The lowest BCUT2D eigenvalue weighted by Gasteiger charge is -2.20. The van der Waals surface area contributed by atoms with Gasteiger partial charge >= 0.3 is 0 Å². The van der Waals surface area contributed by atoms with Crippen LogP contribution in [0.15, 0.2) is 29.3 Å². The first-order chi connectivity index (χ1) is 12.9. The second-order valence-corrected chi connectivity index (χ2v) is 7.48. The SMILES string of the molecule is CCNC(=NCc1ccc(C(=O)N(C)C)cc1)NCC(CCO)CC(C)C.I. The number of nitrogens with zero attached hydrogens (tertiary/aromatic N) is 2. The summed E-state index contributed by atoms with van der Waals surface area (Å²) in [4.78, 5) is 18.2. The fourth-order valence-corrected chi connectivity index (χ4v) is 2.92. The number of rotatable bonds is 10. The molecule has 7 heteroatoms. The molecule has 160 valence electrons. The van der Waals surface area contributed by atoms with E-state index < -0.39 is 0 Å². The van der Waals surface area contributed by atoms with Gasteiger partial charge in [-0.15, -0.1) is 24.0 Å². The van der Waals surface area contributed by atoms with Crippen molar-refractivity contribution in [2.24, 2.45) is 16.8 Å². The lowest BCUT2D eigenvalue weighted by Crippen LogP contribution is -2.40. The van der Waals surface area contributed by atoms with E-state index in [2.05, 4.69) is 29.5 Å². The average molecular weight is 504 g/mol. The highest BCUT2D eigenvalue weighted by molar-refractivity contribution is 14.0. The smallest absolute Gasteiger partial charge is 0.253 e. The molecule has 1 amide bonds. The molecule has 0 fully saturated rings. The maximum Gasteiger partial charge on any atom is 0.253 e. The Kier molecular flexibility index (Phi) is 13.9.